The Kier molecular flexibility index (Phi) is 3.54. The summed E-state index contributed by atoms with van der Waals surface area (Å²) >= 11 is 4.96. The highest BCUT2D eigenvalue weighted by Crippen LogP contribution is 2.25. The van der Waals surface area contributed by atoms with Crippen molar-refractivity contribution in [2.24, 2.45) is 0 Å². The lowest BCUT2D eigenvalue weighted by molar-refractivity contribution is -0.383. The van der Waals surface area contributed by atoms with E-state index in [4.69, 9.17) is 12.2 Å². The van der Waals surface area contributed by atoms with Gasteiger partial charge in [0.15, 0.2) is 10.3 Å². The fourth-order valence-electron chi connectivity index (χ4n) is 1.92. The highest BCUT2D eigenvalue weighted by Gasteiger charge is 2.22. The third-order valence-electron chi connectivity index (χ3n) is 2.92. The Morgan fingerprint density at radius 3 is 2.78 bits per heavy atom. The minimum atomic E-state index is -4.17. The molecule has 0 amide bonds. The number of imidazole rings is 1. The van der Waals surface area contributed by atoms with Crippen molar-refractivity contribution < 1.29 is 13.3 Å². The highest BCUT2D eigenvalue weighted by molar-refractivity contribution is 7.91. The first kappa shape index (κ1) is 15.1. The first-order valence-corrected chi connectivity index (χ1v) is 7.92. The molecular formula is C11H8N6O4S2. The maximum atomic E-state index is 12.5. The molecule has 2 N–H and O–H groups in total. The van der Waals surface area contributed by atoms with Crippen LogP contribution in [0.3, 0.4) is 0 Å². The lowest BCUT2D eigenvalue weighted by Gasteiger charge is -2.09. The van der Waals surface area contributed by atoms with Crippen molar-refractivity contribution in [1.82, 2.24) is 18.9 Å². The van der Waals surface area contributed by atoms with Crippen molar-refractivity contribution in [2.45, 2.75) is 0 Å². The number of nitro groups is 1. The van der Waals surface area contributed by atoms with Crippen LogP contribution in [0.25, 0.3) is 11.2 Å². The molecule has 0 aliphatic rings. The largest absolute Gasteiger partial charge is 0.330 e. The number of hydrogen-bond donors (Lipinski definition) is 2. The highest BCUT2D eigenvalue weighted by atomic mass is 32.2. The normalized spacial score (nSPS) is 11.5. The van der Waals surface area contributed by atoms with E-state index in [1.165, 1.54) is 30.6 Å². The van der Waals surface area contributed by atoms with E-state index in [1.54, 1.807) is 0 Å². The summed E-state index contributed by atoms with van der Waals surface area (Å²) in [6, 6.07) is 5.40. The van der Waals surface area contributed by atoms with Gasteiger partial charge in [0.25, 0.3) is 5.69 Å². The molecule has 2 heterocycles. The van der Waals surface area contributed by atoms with E-state index in [2.05, 4.69) is 19.7 Å². The Bertz CT molecular complexity index is 1070. The maximum absolute atomic E-state index is 12.5. The predicted molar refractivity (Wildman–Crippen MR) is 83.7 cm³/mol. The van der Waals surface area contributed by atoms with Gasteiger partial charge < -0.3 is 4.98 Å². The molecule has 0 saturated carbocycles. The van der Waals surface area contributed by atoms with E-state index in [0.717, 1.165) is 10.3 Å². The second-order valence-electron chi connectivity index (χ2n) is 4.33. The van der Waals surface area contributed by atoms with Crippen LogP contribution in [-0.2, 0) is 10.2 Å². The van der Waals surface area contributed by atoms with Gasteiger partial charge in [0.1, 0.15) is 17.5 Å². The summed E-state index contributed by atoms with van der Waals surface area (Å²) in [6.07, 6.45) is 2.28. The molecule has 0 unspecified atom stereocenters. The number of nitrogens with one attached hydrogen (secondary N) is 2. The van der Waals surface area contributed by atoms with Gasteiger partial charge in [-0.3, -0.25) is 14.8 Å². The summed E-state index contributed by atoms with van der Waals surface area (Å²) < 4.78 is 28.1. The topological polar surface area (TPSA) is 136 Å². The molecule has 0 aliphatic heterocycles. The minimum absolute atomic E-state index is 0.107. The Morgan fingerprint density at radius 1 is 1.30 bits per heavy atom. The van der Waals surface area contributed by atoms with Crippen molar-refractivity contribution >= 4 is 45.0 Å². The summed E-state index contributed by atoms with van der Waals surface area (Å²) in [5.41, 5.74) is -0.214. The van der Waals surface area contributed by atoms with Crippen molar-refractivity contribution in [1.29, 1.82) is 0 Å². The molecule has 0 aliphatic carbocycles. The van der Waals surface area contributed by atoms with Crippen LogP contribution >= 0.6 is 12.2 Å². The van der Waals surface area contributed by atoms with Gasteiger partial charge in [0.2, 0.25) is 0 Å². The van der Waals surface area contributed by atoms with Gasteiger partial charge in [-0.25, -0.2) is 9.97 Å². The number of aromatic amines is 1. The Labute approximate surface area is 134 Å². The van der Waals surface area contributed by atoms with E-state index in [1.807, 2.05) is 0 Å². The summed E-state index contributed by atoms with van der Waals surface area (Å²) in [6.45, 7) is 0. The van der Waals surface area contributed by atoms with Crippen molar-refractivity contribution in [3.8, 4) is 0 Å². The first-order chi connectivity index (χ1) is 10.9. The molecule has 3 rings (SSSR count). The summed E-state index contributed by atoms with van der Waals surface area (Å²) in [5.74, 6) is 0. The van der Waals surface area contributed by atoms with Gasteiger partial charge in [-0.2, -0.15) is 12.4 Å². The van der Waals surface area contributed by atoms with Crippen LogP contribution in [-0.4, -0.2) is 32.3 Å². The fraction of sp³-hybridized carbons (Fsp3) is 0. The number of H-pyrrole nitrogens is 1. The predicted octanol–water partition coefficient (Wildman–Crippen LogP) is 1.60. The molecule has 0 atom stereocenters. The fourth-order valence-corrected chi connectivity index (χ4v) is 3.23. The van der Waals surface area contributed by atoms with E-state index in [-0.39, 0.29) is 27.2 Å². The quantitative estimate of drug-likeness (QED) is 0.413. The smallest absolute Gasteiger partial charge is 0.330 e. The van der Waals surface area contributed by atoms with E-state index < -0.39 is 15.1 Å². The maximum Gasteiger partial charge on any atom is 0.330 e. The zero-order valence-electron chi connectivity index (χ0n) is 11.2. The van der Waals surface area contributed by atoms with Crippen molar-refractivity contribution in [2.75, 3.05) is 4.72 Å². The van der Waals surface area contributed by atoms with Crippen LogP contribution in [0.2, 0.25) is 0 Å². The third-order valence-corrected chi connectivity index (χ3v) is 4.49. The van der Waals surface area contributed by atoms with Gasteiger partial charge in [0.05, 0.1) is 11.3 Å². The molecule has 3 aromatic rings. The lowest BCUT2D eigenvalue weighted by Crippen LogP contribution is -2.21. The zero-order valence-corrected chi connectivity index (χ0v) is 12.8. The third kappa shape index (κ3) is 2.64. The second kappa shape index (κ2) is 5.40. The number of nitro benzene ring substituents is 1. The van der Waals surface area contributed by atoms with E-state index in [0.29, 0.717) is 0 Å². The summed E-state index contributed by atoms with van der Waals surface area (Å²) in [4.78, 5) is 20.6. The van der Waals surface area contributed by atoms with Crippen LogP contribution in [0.4, 0.5) is 11.4 Å². The number of fused-ring (bicyclic) bond motifs is 1. The van der Waals surface area contributed by atoms with Crippen LogP contribution < -0.4 is 4.72 Å². The molecule has 0 radical (unpaired) electrons. The Hall–Kier alpha value is -2.86. The molecule has 1 aromatic carbocycles. The average molecular weight is 352 g/mol. The molecule has 0 fully saturated rings. The Balaban J connectivity index is 2.11. The standard InChI is InChI=1S/C11H8N6O4S2/c18-17(19)8-4-2-1-3-7(8)15-23(20,21)16-6-14-9-10(16)12-5-13-11(9)22/h1-6,15H,(H,12,13,22). The molecule has 12 heteroatoms. The van der Waals surface area contributed by atoms with Gasteiger partial charge >= 0.3 is 10.2 Å². The van der Waals surface area contributed by atoms with Crippen LogP contribution in [0.15, 0.2) is 36.9 Å². The molecule has 118 valence electrons. The number of benzene rings is 1. The molecule has 0 saturated heterocycles. The van der Waals surface area contributed by atoms with Crippen LogP contribution in [0.5, 0.6) is 0 Å². The van der Waals surface area contributed by atoms with Crippen LogP contribution in [0, 0.1) is 14.8 Å². The number of aromatic nitrogens is 4. The molecule has 10 nitrogen and oxygen atoms in total. The van der Waals surface area contributed by atoms with Crippen LogP contribution in [0.1, 0.15) is 0 Å². The monoisotopic (exact) mass is 352 g/mol. The molecule has 0 bridgehead atoms. The van der Waals surface area contributed by atoms with Gasteiger partial charge in [-0.1, -0.05) is 24.4 Å². The van der Waals surface area contributed by atoms with Gasteiger partial charge in [-0.05, 0) is 6.07 Å². The van der Waals surface area contributed by atoms with Gasteiger partial charge in [0, 0.05) is 6.07 Å². The lowest BCUT2D eigenvalue weighted by atomic mass is 10.3. The SMILES string of the molecule is O=[N+]([O-])c1ccccc1NS(=O)(=O)n1cnc2c(=S)nc[nH]c21. The molecular weight excluding hydrogens is 344 g/mol. The number of hydrogen-bond acceptors (Lipinski definition) is 7. The Morgan fingerprint density at radius 2 is 2.04 bits per heavy atom. The number of anilines is 1. The first-order valence-electron chi connectivity index (χ1n) is 6.07. The summed E-state index contributed by atoms with van der Waals surface area (Å²) in [5, 5.41) is 11.0. The van der Waals surface area contributed by atoms with E-state index in [9.17, 15) is 18.5 Å². The minimum Gasteiger partial charge on any atom is -0.330 e. The molecule has 2 aromatic heterocycles. The number of rotatable bonds is 4. The summed E-state index contributed by atoms with van der Waals surface area (Å²) in [7, 11) is -4.17. The average Bonchev–Trinajstić information content (AvgIpc) is 2.93. The van der Waals surface area contributed by atoms with Crippen molar-refractivity contribution in [3.05, 3.63) is 51.7 Å². The number of nitrogens with zero attached hydrogens (tertiary/aromatic N) is 4. The second-order valence-corrected chi connectivity index (χ2v) is 6.26. The molecule has 0 spiro atoms. The van der Waals surface area contributed by atoms with Crippen molar-refractivity contribution in [3.63, 3.8) is 0 Å². The van der Waals surface area contributed by atoms with Gasteiger partial charge in [-0.15, -0.1) is 0 Å². The number of para-hydroxylation sites is 2. The van der Waals surface area contributed by atoms with E-state index >= 15 is 0 Å². The molecule has 23 heavy (non-hydrogen) atoms. The zero-order chi connectivity index (χ0) is 16.6.